The van der Waals surface area contributed by atoms with Crippen LogP contribution >= 0.6 is 0 Å². The first-order chi connectivity index (χ1) is 11.6. The van der Waals surface area contributed by atoms with Gasteiger partial charge in [-0.1, -0.05) is 36.4 Å². The molecular formula is C18H18FNO4. The van der Waals surface area contributed by atoms with Crippen LogP contribution in [0.2, 0.25) is 0 Å². The first-order valence-corrected chi connectivity index (χ1v) is 7.37. The molecule has 126 valence electrons. The first kappa shape index (κ1) is 17.5. The highest BCUT2D eigenvalue weighted by Crippen LogP contribution is 2.17. The van der Waals surface area contributed by atoms with E-state index in [1.165, 1.54) is 13.2 Å². The minimum atomic E-state index is -0.541. The summed E-state index contributed by atoms with van der Waals surface area (Å²) < 4.78 is 23.5. The number of benzene rings is 2. The molecule has 0 aliphatic heterocycles. The highest BCUT2D eigenvalue weighted by molar-refractivity contribution is 5.81. The second kappa shape index (κ2) is 8.67. The van der Waals surface area contributed by atoms with Gasteiger partial charge in [0.2, 0.25) is 0 Å². The number of nitrogens with one attached hydrogen (secondary N) is 1. The van der Waals surface area contributed by atoms with E-state index in [4.69, 9.17) is 9.47 Å². The van der Waals surface area contributed by atoms with Crippen LogP contribution in [0, 0.1) is 5.82 Å². The van der Waals surface area contributed by atoms with E-state index in [1.54, 1.807) is 42.5 Å². The van der Waals surface area contributed by atoms with Crippen LogP contribution in [0.3, 0.4) is 0 Å². The maximum absolute atomic E-state index is 13.4. The Kier molecular flexibility index (Phi) is 6.31. The number of methoxy groups -OCH3 is 1. The van der Waals surface area contributed by atoms with Gasteiger partial charge in [0.05, 0.1) is 13.5 Å². The van der Waals surface area contributed by atoms with Crippen LogP contribution in [0.15, 0.2) is 48.5 Å². The topological polar surface area (TPSA) is 64.6 Å². The predicted octanol–water partition coefficient (Wildman–Crippen LogP) is 2.24. The number of carbonyl (C=O) groups excluding carboxylic acids is 2. The Balaban J connectivity index is 1.77. The molecular weight excluding hydrogens is 313 g/mol. The summed E-state index contributed by atoms with van der Waals surface area (Å²) in [6, 6.07) is 13.2. The van der Waals surface area contributed by atoms with Crippen LogP contribution < -0.4 is 10.1 Å². The van der Waals surface area contributed by atoms with Crippen molar-refractivity contribution >= 4 is 11.9 Å². The van der Waals surface area contributed by atoms with Gasteiger partial charge in [-0.3, -0.25) is 9.59 Å². The van der Waals surface area contributed by atoms with E-state index < -0.39 is 24.3 Å². The zero-order valence-corrected chi connectivity index (χ0v) is 13.3. The Morgan fingerprint density at radius 2 is 1.71 bits per heavy atom. The number of amides is 1. The molecule has 0 spiro atoms. The van der Waals surface area contributed by atoms with Crippen LogP contribution in [0.1, 0.15) is 11.1 Å². The van der Waals surface area contributed by atoms with Crippen LogP contribution in [-0.2, 0) is 27.3 Å². The van der Waals surface area contributed by atoms with Crippen molar-refractivity contribution in [1.82, 2.24) is 5.32 Å². The molecule has 5 nitrogen and oxygen atoms in total. The molecule has 0 aliphatic rings. The van der Waals surface area contributed by atoms with Gasteiger partial charge in [-0.05, 0) is 12.1 Å². The summed E-state index contributed by atoms with van der Waals surface area (Å²) in [5.74, 6) is -0.850. The van der Waals surface area contributed by atoms with E-state index in [-0.39, 0.29) is 13.0 Å². The average molecular weight is 331 g/mol. The summed E-state index contributed by atoms with van der Waals surface area (Å²) in [6.45, 7) is -0.377. The number of hydrogen-bond acceptors (Lipinski definition) is 4. The summed E-state index contributed by atoms with van der Waals surface area (Å²) in [5, 5.41) is 2.50. The fourth-order valence-electron chi connectivity index (χ4n) is 2.09. The second-order valence-corrected chi connectivity index (χ2v) is 5.02. The molecule has 0 unspecified atom stereocenters. The number of esters is 1. The van der Waals surface area contributed by atoms with Gasteiger partial charge in [-0.2, -0.15) is 0 Å². The molecule has 2 aromatic rings. The molecule has 0 saturated carbocycles. The van der Waals surface area contributed by atoms with Gasteiger partial charge in [0.15, 0.2) is 6.61 Å². The van der Waals surface area contributed by atoms with Gasteiger partial charge >= 0.3 is 5.97 Å². The fraction of sp³-hybridized carbons (Fsp3) is 0.222. The number of ether oxygens (including phenoxy) is 2. The predicted molar refractivity (Wildman–Crippen MR) is 85.9 cm³/mol. The SMILES string of the molecule is COc1ccccc1CC(=O)OCC(=O)NCc1ccccc1F. The molecule has 0 aromatic heterocycles. The zero-order chi connectivity index (χ0) is 17.4. The highest BCUT2D eigenvalue weighted by Gasteiger charge is 2.11. The number of para-hydroxylation sites is 1. The van der Waals surface area contributed by atoms with Crippen molar-refractivity contribution in [2.75, 3.05) is 13.7 Å². The molecule has 2 aromatic carbocycles. The van der Waals surface area contributed by atoms with E-state index in [0.717, 1.165) is 0 Å². The molecule has 1 amide bonds. The number of rotatable bonds is 7. The van der Waals surface area contributed by atoms with Crippen molar-refractivity contribution in [2.45, 2.75) is 13.0 Å². The van der Waals surface area contributed by atoms with Crippen molar-refractivity contribution in [3.63, 3.8) is 0 Å². The molecule has 0 bridgehead atoms. The highest BCUT2D eigenvalue weighted by atomic mass is 19.1. The third-order valence-corrected chi connectivity index (χ3v) is 3.33. The molecule has 1 N–H and O–H groups in total. The molecule has 0 aliphatic carbocycles. The maximum Gasteiger partial charge on any atom is 0.310 e. The first-order valence-electron chi connectivity index (χ1n) is 7.37. The maximum atomic E-state index is 13.4. The van der Waals surface area contributed by atoms with Gasteiger partial charge < -0.3 is 14.8 Å². The summed E-state index contributed by atoms with van der Waals surface area (Å²) in [6.07, 6.45) is 0.00457. The lowest BCUT2D eigenvalue weighted by atomic mass is 10.1. The lowest BCUT2D eigenvalue weighted by Gasteiger charge is -2.09. The number of carbonyl (C=O) groups is 2. The molecule has 6 heteroatoms. The van der Waals surface area contributed by atoms with Crippen LogP contribution in [0.5, 0.6) is 5.75 Å². The third kappa shape index (κ3) is 5.08. The van der Waals surface area contributed by atoms with Crippen molar-refractivity contribution in [3.05, 3.63) is 65.5 Å². The van der Waals surface area contributed by atoms with Crippen LogP contribution in [0.4, 0.5) is 4.39 Å². The van der Waals surface area contributed by atoms with Crippen LogP contribution in [0.25, 0.3) is 0 Å². The van der Waals surface area contributed by atoms with Gasteiger partial charge in [0.25, 0.3) is 5.91 Å². The van der Waals surface area contributed by atoms with Gasteiger partial charge in [0.1, 0.15) is 11.6 Å². The molecule has 0 fully saturated rings. The Morgan fingerprint density at radius 3 is 2.42 bits per heavy atom. The average Bonchev–Trinajstić information content (AvgIpc) is 2.59. The Hall–Kier alpha value is -2.89. The van der Waals surface area contributed by atoms with Crippen molar-refractivity contribution < 1.29 is 23.5 Å². The number of halogens is 1. The molecule has 0 radical (unpaired) electrons. The van der Waals surface area contributed by atoms with Gasteiger partial charge in [-0.25, -0.2) is 4.39 Å². The lowest BCUT2D eigenvalue weighted by Crippen LogP contribution is -2.29. The van der Waals surface area contributed by atoms with Crippen molar-refractivity contribution in [3.8, 4) is 5.75 Å². The number of hydrogen-bond donors (Lipinski definition) is 1. The Bertz CT molecular complexity index is 718. The Labute approximate surface area is 139 Å². The minimum absolute atomic E-state index is 0.00457. The molecule has 2 rings (SSSR count). The van der Waals surface area contributed by atoms with E-state index in [9.17, 15) is 14.0 Å². The Morgan fingerprint density at radius 1 is 1.04 bits per heavy atom. The third-order valence-electron chi connectivity index (χ3n) is 3.33. The molecule has 0 atom stereocenters. The molecule has 0 heterocycles. The van der Waals surface area contributed by atoms with Crippen molar-refractivity contribution in [2.24, 2.45) is 0 Å². The van der Waals surface area contributed by atoms with Crippen LogP contribution in [-0.4, -0.2) is 25.6 Å². The summed E-state index contributed by atoms with van der Waals surface area (Å²) in [5.41, 5.74) is 1.04. The molecule has 0 saturated heterocycles. The quantitative estimate of drug-likeness (QED) is 0.790. The van der Waals surface area contributed by atoms with Gasteiger partial charge in [0, 0.05) is 17.7 Å². The standard InChI is InChI=1S/C18H18FNO4/c1-23-16-9-5-3-6-13(16)10-18(22)24-12-17(21)20-11-14-7-2-4-8-15(14)19/h2-9H,10-12H2,1H3,(H,20,21). The normalized spacial score (nSPS) is 10.1. The fourth-order valence-corrected chi connectivity index (χ4v) is 2.09. The zero-order valence-electron chi connectivity index (χ0n) is 13.3. The summed E-state index contributed by atoms with van der Waals surface area (Å²) >= 11 is 0. The molecule has 24 heavy (non-hydrogen) atoms. The van der Waals surface area contributed by atoms with E-state index in [0.29, 0.717) is 16.9 Å². The lowest BCUT2D eigenvalue weighted by molar-refractivity contribution is -0.147. The summed E-state index contributed by atoms with van der Waals surface area (Å²) in [4.78, 5) is 23.5. The minimum Gasteiger partial charge on any atom is -0.496 e. The largest absolute Gasteiger partial charge is 0.496 e. The second-order valence-electron chi connectivity index (χ2n) is 5.02. The van der Waals surface area contributed by atoms with E-state index in [2.05, 4.69) is 5.32 Å². The monoisotopic (exact) mass is 331 g/mol. The van der Waals surface area contributed by atoms with E-state index in [1.807, 2.05) is 0 Å². The summed E-state index contributed by atoms with van der Waals surface area (Å²) in [7, 11) is 1.51. The van der Waals surface area contributed by atoms with Crippen molar-refractivity contribution in [1.29, 1.82) is 0 Å². The smallest absolute Gasteiger partial charge is 0.310 e. The van der Waals surface area contributed by atoms with Gasteiger partial charge in [-0.15, -0.1) is 0 Å². The van der Waals surface area contributed by atoms with E-state index >= 15 is 0 Å².